The Morgan fingerprint density at radius 2 is 0.352 bits per heavy atom. The summed E-state index contributed by atoms with van der Waals surface area (Å²) in [7, 11) is 0. The summed E-state index contributed by atoms with van der Waals surface area (Å²) >= 11 is 54.3. The third kappa shape index (κ3) is 31.5. The first-order chi connectivity index (χ1) is 48.0. The van der Waals surface area contributed by atoms with Crippen molar-refractivity contribution in [1.82, 2.24) is 0 Å². The summed E-state index contributed by atoms with van der Waals surface area (Å²) < 4.78 is 52.7. The van der Waals surface area contributed by atoms with Crippen molar-refractivity contribution >= 4 is 151 Å². The van der Waals surface area contributed by atoms with E-state index in [2.05, 4.69) is 0 Å². The van der Waals surface area contributed by atoms with E-state index in [1.165, 1.54) is 30.3 Å². The molecule has 10 rings (SSSR count). The lowest BCUT2D eigenvalue weighted by atomic mass is 10.2. The summed E-state index contributed by atoms with van der Waals surface area (Å²) in [6.07, 6.45) is 0. The van der Waals surface area contributed by atoms with E-state index in [1.54, 1.807) is 182 Å². The predicted molar refractivity (Wildman–Crippen MR) is 412 cm³/mol. The maximum absolute atomic E-state index is 11.9. The molecule has 5 radical (unpaired) electrons. The van der Waals surface area contributed by atoms with Crippen LogP contribution in [0.1, 0.15) is 86.4 Å². The second kappa shape index (κ2) is 48.7. The summed E-state index contributed by atoms with van der Waals surface area (Å²) in [4.78, 5) is 62.3. The minimum Gasteiger partial charge on any atom is -0.494 e. The van der Waals surface area contributed by atoms with Crippen LogP contribution in [0.4, 0.5) is 23.5 Å². The molecule has 0 unspecified atom stereocenters. The first-order valence-corrected chi connectivity index (χ1v) is 34.0. The van der Waals surface area contributed by atoms with E-state index in [-0.39, 0.29) is 23.5 Å². The third-order valence-corrected chi connectivity index (χ3v) is 16.5. The van der Waals surface area contributed by atoms with E-state index in [0.29, 0.717) is 168 Å². The van der Waals surface area contributed by atoms with Gasteiger partial charge in [0, 0.05) is 30.3 Å². The number of hydrogen-bond donors (Lipinski definition) is 0. The van der Waals surface area contributed by atoms with Crippen LogP contribution in [-0.2, 0) is 0 Å². The molecule has 0 saturated carbocycles. The average molecular weight is 1640 g/mol. The highest BCUT2D eigenvalue weighted by Crippen LogP contribution is 2.31. The molecule has 0 amide bonds. The molecule has 0 saturated heterocycles. The predicted octanol–water partition coefficient (Wildman–Crippen LogP) is 23.3. The van der Waals surface area contributed by atoms with Gasteiger partial charge in [-0.15, -0.1) is 0 Å². The minimum absolute atomic E-state index is 0. The Morgan fingerprint density at radius 1 is 0.229 bits per heavy atom. The van der Waals surface area contributed by atoms with Gasteiger partial charge in [-0.05, 0) is 217 Å². The van der Waals surface area contributed by atoms with Gasteiger partial charge < -0.3 is 47.4 Å². The van der Waals surface area contributed by atoms with Crippen molar-refractivity contribution in [3.8, 4) is 57.5 Å². The zero-order valence-electron chi connectivity index (χ0n) is 55.8. The van der Waals surface area contributed by atoms with Crippen molar-refractivity contribution in [1.29, 1.82) is 0 Å². The highest BCUT2D eigenvalue weighted by atomic mass is 35.5. The van der Waals surface area contributed by atoms with Gasteiger partial charge >= 0.3 is 29.8 Å². The van der Waals surface area contributed by atoms with Gasteiger partial charge in [-0.3, -0.25) is 23.5 Å². The summed E-state index contributed by atoms with van der Waals surface area (Å²) in [6, 6.07) is 57.5. The molecule has 10 aromatic rings. The zero-order valence-corrected chi connectivity index (χ0v) is 63.7. The maximum atomic E-state index is 11.9. The molecule has 0 aliphatic rings. The normalized spacial score (nSPS) is 9.62. The number of rotatable bonds is 20. The number of halogens is 10. The Hall–Kier alpha value is -9.25. The Labute approximate surface area is 655 Å². The van der Waals surface area contributed by atoms with Crippen LogP contribution in [0, 0.1) is 0 Å². The van der Waals surface area contributed by atoms with Gasteiger partial charge in [0.1, 0.15) is 57.5 Å². The van der Waals surface area contributed by atoms with Crippen LogP contribution in [0.2, 0.25) is 25.1 Å². The van der Waals surface area contributed by atoms with Gasteiger partial charge in [0.25, 0.3) is 0 Å². The van der Waals surface area contributed by atoms with Crippen molar-refractivity contribution in [2.45, 2.75) is 59.1 Å². The van der Waals surface area contributed by atoms with Crippen molar-refractivity contribution in [2.24, 2.45) is 0 Å². The number of benzene rings is 10. The van der Waals surface area contributed by atoms with E-state index in [4.69, 9.17) is 169 Å². The van der Waals surface area contributed by atoms with Gasteiger partial charge in [-0.2, -0.15) is 0 Å². The number of carbonyl (C=O) groups excluding carboxylic acids is 5. The van der Waals surface area contributed by atoms with Crippen LogP contribution >= 0.6 is 121 Å². The molecule has 0 N–H and O–H groups in total. The molecule has 0 aromatic heterocycles. The highest BCUT2D eigenvalue weighted by molar-refractivity contribution is 7.81. The number of carbonyl (C=O) groups is 5. The Morgan fingerprint density at radius 3 is 0.467 bits per heavy atom. The van der Waals surface area contributed by atoms with Crippen LogP contribution in [0.5, 0.6) is 57.5 Å². The van der Waals surface area contributed by atoms with Crippen LogP contribution < -0.4 is 47.4 Å². The molecule has 555 valence electrons. The molecular weight excluding hydrogens is 1570 g/mol. The zero-order chi connectivity index (χ0) is 72.7. The van der Waals surface area contributed by atoms with Gasteiger partial charge in [-0.25, -0.2) is 24.0 Å². The van der Waals surface area contributed by atoms with Gasteiger partial charge in [0.15, 0.2) is 0 Å². The van der Waals surface area contributed by atoms with Crippen molar-refractivity contribution in [2.75, 3.05) is 33.0 Å². The lowest BCUT2D eigenvalue weighted by Crippen LogP contribution is -2.08. The summed E-state index contributed by atoms with van der Waals surface area (Å²) in [6.45, 7) is 12.4. The monoisotopic (exact) mass is 1640 g/mol. The van der Waals surface area contributed by atoms with Gasteiger partial charge in [-0.1, -0.05) is 121 Å². The lowest BCUT2D eigenvalue weighted by Gasteiger charge is -2.06. The van der Waals surface area contributed by atoms with Crippen molar-refractivity contribution in [3.63, 3.8) is 0 Å². The molecule has 0 aliphatic heterocycles. The standard InChI is InChI=1S/5C15H12ClO3S.5FH/c5*1-2-18-11-5-3-10(4-6-11)15(17)19-12-7-8-14(20)13(16)9-12;;;;;/h5*3-9H,2H2,1H3;5*1H. The largest absolute Gasteiger partial charge is 0.494 e. The van der Waals surface area contributed by atoms with E-state index in [9.17, 15) is 24.0 Å². The molecule has 10 aromatic carbocycles. The Bertz CT molecular complexity index is 3730. The fourth-order valence-electron chi connectivity index (χ4n) is 7.82. The molecule has 0 aliphatic carbocycles. The topological polar surface area (TPSA) is 178 Å². The summed E-state index contributed by atoms with van der Waals surface area (Å²) in [5, 5.41) is 1.93. The quantitative estimate of drug-likeness (QED) is 0.0399. The molecule has 15 nitrogen and oxygen atoms in total. The molecule has 105 heavy (non-hydrogen) atoms. The van der Waals surface area contributed by atoms with E-state index >= 15 is 0 Å². The maximum Gasteiger partial charge on any atom is 0.343 e. The third-order valence-electron chi connectivity index (χ3n) is 12.6. The van der Waals surface area contributed by atoms with Crippen LogP contribution in [-0.4, -0.2) is 62.9 Å². The second-order valence-electron chi connectivity index (χ2n) is 19.7. The first kappa shape index (κ1) is 93.8. The molecule has 0 bridgehead atoms. The number of hydrogen-bond acceptors (Lipinski definition) is 15. The van der Waals surface area contributed by atoms with Crippen molar-refractivity contribution in [3.05, 3.63) is 265 Å². The molecule has 30 heteroatoms. The Kier molecular flexibility index (Phi) is 43.5. The molecule has 0 spiro atoms. The van der Waals surface area contributed by atoms with E-state index in [0.717, 1.165) is 0 Å². The summed E-state index contributed by atoms with van der Waals surface area (Å²) in [5.41, 5.74) is 2.19. The van der Waals surface area contributed by atoms with Crippen LogP contribution in [0.25, 0.3) is 0 Å². The smallest absolute Gasteiger partial charge is 0.343 e. The van der Waals surface area contributed by atoms with E-state index in [1.807, 2.05) is 34.6 Å². The van der Waals surface area contributed by atoms with E-state index < -0.39 is 29.8 Å². The SMILES string of the molecule is CCOc1ccc(C(=O)Oc2ccc([S])c(Cl)c2)cc1.CCOc1ccc(C(=O)Oc2ccc([S])c(Cl)c2)cc1.CCOc1ccc(C(=O)Oc2ccc([S])c(Cl)c2)cc1.CCOc1ccc(C(=O)Oc2ccc([S])c(Cl)c2)cc1.CCOc1ccc(C(=O)Oc2ccc([S])c(Cl)c2)cc1.F.F.F.F.F. The number of ether oxygens (including phenoxy) is 10. The molecule has 0 heterocycles. The Balaban J connectivity index is 0.000000649. The molecule has 0 atom stereocenters. The van der Waals surface area contributed by atoms with Crippen LogP contribution in [0.3, 0.4) is 0 Å². The summed E-state index contributed by atoms with van der Waals surface area (Å²) in [5.74, 6) is 3.08. The highest BCUT2D eigenvalue weighted by Gasteiger charge is 2.16. The average Bonchev–Trinajstić information content (AvgIpc) is 0.875. The van der Waals surface area contributed by atoms with Crippen LogP contribution in [0.15, 0.2) is 237 Å². The molecule has 0 fully saturated rings. The number of esters is 5. The second-order valence-corrected chi connectivity index (χ2v) is 23.9. The lowest BCUT2D eigenvalue weighted by molar-refractivity contribution is 0.0725. The first-order valence-electron chi connectivity index (χ1n) is 30.1. The fraction of sp³-hybridized carbons (Fsp3) is 0.133. The molecular formula is C75H65Cl5F5O15S5. The van der Waals surface area contributed by atoms with Gasteiger partial charge in [0.05, 0.1) is 110 Å². The fourth-order valence-corrected chi connectivity index (χ4v) is 9.31. The van der Waals surface area contributed by atoms with Gasteiger partial charge in [0.2, 0.25) is 0 Å². The minimum atomic E-state index is -0.457. The van der Waals surface area contributed by atoms with Crippen molar-refractivity contribution < 1.29 is 94.9 Å².